The van der Waals surface area contributed by atoms with Gasteiger partial charge in [0.25, 0.3) is 0 Å². The van der Waals surface area contributed by atoms with Crippen molar-refractivity contribution in [3.8, 4) is 11.5 Å². The quantitative estimate of drug-likeness (QED) is 0.804. The standard InChI is InChI=1S/C16H17ClN2O3/c1-21-14-8-4-5-9-15(14)22-11-19-16(20)18-10-12-6-2-3-7-13(12)17/h2-9H,10-11H2,1H3,(H2,18,19,20). The number of methoxy groups -OCH3 is 1. The van der Waals surface area contributed by atoms with E-state index in [0.29, 0.717) is 23.1 Å². The molecule has 0 bridgehead atoms. The molecular weight excluding hydrogens is 304 g/mol. The highest BCUT2D eigenvalue weighted by atomic mass is 35.5. The number of amides is 2. The average Bonchev–Trinajstić information content (AvgIpc) is 2.54. The van der Waals surface area contributed by atoms with Crippen LogP contribution in [-0.2, 0) is 6.54 Å². The second-order valence-corrected chi connectivity index (χ2v) is 4.80. The Kier molecular flexibility index (Phi) is 5.91. The van der Waals surface area contributed by atoms with E-state index in [1.807, 2.05) is 30.3 Å². The number of rotatable bonds is 6. The van der Waals surface area contributed by atoms with Gasteiger partial charge >= 0.3 is 6.03 Å². The molecule has 2 aromatic carbocycles. The first-order valence-corrected chi connectivity index (χ1v) is 7.09. The van der Waals surface area contributed by atoms with E-state index in [1.165, 1.54) is 0 Å². The number of hydrogen-bond donors (Lipinski definition) is 2. The van der Waals surface area contributed by atoms with Gasteiger partial charge in [0.2, 0.25) is 0 Å². The van der Waals surface area contributed by atoms with Crippen LogP contribution >= 0.6 is 11.6 Å². The molecule has 0 radical (unpaired) electrons. The molecule has 0 saturated heterocycles. The zero-order valence-corrected chi connectivity index (χ0v) is 12.9. The highest BCUT2D eigenvalue weighted by Crippen LogP contribution is 2.25. The molecule has 2 N–H and O–H groups in total. The number of ether oxygens (including phenoxy) is 2. The lowest BCUT2D eigenvalue weighted by Gasteiger charge is -2.12. The molecule has 0 atom stereocenters. The van der Waals surface area contributed by atoms with Gasteiger partial charge in [0.05, 0.1) is 7.11 Å². The van der Waals surface area contributed by atoms with E-state index >= 15 is 0 Å². The Morgan fingerprint density at radius 3 is 2.45 bits per heavy atom. The molecule has 0 fully saturated rings. The lowest BCUT2D eigenvalue weighted by Crippen LogP contribution is -2.37. The van der Waals surface area contributed by atoms with E-state index < -0.39 is 0 Å². The van der Waals surface area contributed by atoms with Crippen LogP contribution in [0, 0.1) is 0 Å². The molecule has 0 aromatic heterocycles. The molecule has 0 heterocycles. The minimum Gasteiger partial charge on any atom is -0.493 e. The fourth-order valence-electron chi connectivity index (χ4n) is 1.80. The molecule has 0 spiro atoms. The van der Waals surface area contributed by atoms with E-state index in [4.69, 9.17) is 21.1 Å². The maximum absolute atomic E-state index is 11.7. The number of benzene rings is 2. The van der Waals surface area contributed by atoms with Gasteiger partial charge in [-0.15, -0.1) is 0 Å². The van der Waals surface area contributed by atoms with Crippen molar-refractivity contribution in [2.24, 2.45) is 0 Å². The molecule has 0 unspecified atom stereocenters. The van der Waals surface area contributed by atoms with Crippen LogP contribution in [0.25, 0.3) is 0 Å². The van der Waals surface area contributed by atoms with Gasteiger partial charge in [-0.25, -0.2) is 4.79 Å². The number of nitrogens with one attached hydrogen (secondary N) is 2. The van der Waals surface area contributed by atoms with Crippen LogP contribution in [0.4, 0.5) is 4.79 Å². The largest absolute Gasteiger partial charge is 0.493 e. The summed E-state index contributed by atoms with van der Waals surface area (Å²) in [7, 11) is 1.56. The number of carbonyl (C=O) groups excluding carboxylic acids is 1. The summed E-state index contributed by atoms with van der Waals surface area (Å²) >= 11 is 6.02. The molecule has 0 aliphatic carbocycles. The first kappa shape index (κ1) is 16.0. The van der Waals surface area contributed by atoms with E-state index in [9.17, 15) is 4.79 Å². The summed E-state index contributed by atoms with van der Waals surface area (Å²) in [4.78, 5) is 11.7. The molecule has 5 nitrogen and oxygen atoms in total. The minimum atomic E-state index is -0.338. The molecule has 2 amide bonds. The number of para-hydroxylation sites is 2. The zero-order chi connectivity index (χ0) is 15.8. The van der Waals surface area contributed by atoms with E-state index in [2.05, 4.69) is 10.6 Å². The maximum Gasteiger partial charge on any atom is 0.317 e. The van der Waals surface area contributed by atoms with Gasteiger partial charge in [0.15, 0.2) is 18.2 Å². The van der Waals surface area contributed by atoms with Crippen molar-refractivity contribution < 1.29 is 14.3 Å². The second-order valence-electron chi connectivity index (χ2n) is 4.39. The SMILES string of the molecule is COc1ccccc1OCNC(=O)NCc1ccccc1Cl. The van der Waals surface area contributed by atoms with Crippen LogP contribution in [0.3, 0.4) is 0 Å². The summed E-state index contributed by atoms with van der Waals surface area (Å²) in [6, 6.07) is 14.2. The van der Waals surface area contributed by atoms with Crippen molar-refractivity contribution in [3.63, 3.8) is 0 Å². The topological polar surface area (TPSA) is 59.6 Å². The number of carbonyl (C=O) groups is 1. The molecule has 0 aliphatic heterocycles. The van der Waals surface area contributed by atoms with Crippen molar-refractivity contribution in [1.29, 1.82) is 0 Å². The van der Waals surface area contributed by atoms with Crippen molar-refractivity contribution in [2.45, 2.75) is 6.54 Å². The van der Waals surface area contributed by atoms with E-state index in [1.54, 1.807) is 25.3 Å². The molecule has 0 aliphatic rings. The van der Waals surface area contributed by atoms with E-state index in [0.717, 1.165) is 5.56 Å². The van der Waals surface area contributed by atoms with Crippen molar-refractivity contribution in [3.05, 3.63) is 59.1 Å². The van der Waals surface area contributed by atoms with Gasteiger partial charge in [-0.1, -0.05) is 41.9 Å². The third-order valence-corrected chi connectivity index (χ3v) is 3.30. The maximum atomic E-state index is 11.7. The van der Waals surface area contributed by atoms with Crippen molar-refractivity contribution in [1.82, 2.24) is 10.6 Å². The van der Waals surface area contributed by atoms with Crippen LogP contribution in [-0.4, -0.2) is 19.9 Å². The Labute approximate surface area is 134 Å². The Morgan fingerprint density at radius 1 is 1.05 bits per heavy atom. The lowest BCUT2D eigenvalue weighted by molar-refractivity contribution is 0.221. The highest BCUT2D eigenvalue weighted by Gasteiger charge is 2.05. The van der Waals surface area contributed by atoms with Gasteiger partial charge in [-0.2, -0.15) is 0 Å². The first-order chi connectivity index (χ1) is 10.7. The molecular formula is C16H17ClN2O3. The molecule has 2 rings (SSSR count). The van der Waals surface area contributed by atoms with Gasteiger partial charge in [0.1, 0.15) is 0 Å². The summed E-state index contributed by atoms with van der Waals surface area (Å²) in [6.07, 6.45) is 0. The van der Waals surface area contributed by atoms with E-state index in [-0.39, 0.29) is 12.8 Å². The average molecular weight is 321 g/mol. The Bertz CT molecular complexity index is 634. The summed E-state index contributed by atoms with van der Waals surface area (Å²) in [5, 5.41) is 5.93. The second kappa shape index (κ2) is 8.14. The summed E-state index contributed by atoms with van der Waals surface area (Å²) in [5.74, 6) is 1.18. The zero-order valence-electron chi connectivity index (χ0n) is 12.1. The fraction of sp³-hybridized carbons (Fsp3) is 0.188. The van der Waals surface area contributed by atoms with Gasteiger partial charge in [0, 0.05) is 11.6 Å². The molecule has 2 aromatic rings. The predicted molar refractivity (Wildman–Crippen MR) is 85.3 cm³/mol. The number of urea groups is 1. The Balaban J connectivity index is 1.75. The predicted octanol–water partition coefficient (Wildman–Crippen LogP) is 3.18. The smallest absolute Gasteiger partial charge is 0.317 e. The van der Waals surface area contributed by atoms with Crippen LogP contribution in [0.5, 0.6) is 11.5 Å². The van der Waals surface area contributed by atoms with Crippen molar-refractivity contribution in [2.75, 3.05) is 13.8 Å². The monoisotopic (exact) mass is 320 g/mol. The van der Waals surface area contributed by atoms with Gasteiger partial charge in [-0.3, -0.25) is 0 Å². The van der Waals surface area contributed by atoms with Crippen molar-refractivity contribution >= 4 is 17.6 Å². The third kappa shape index (κ3) is 4.56. The molecule has 6 heteroatoms. The number of hydrogen-bond acceptors (Lipinski definition) is 3. The summed E-state index contributed by atoms with van der Waals surface area (Å²) < 4.78 is 10.6. The van der Waals surface area contributed by atoms with Crippen LogP contribution in [0.2, 0.25) is 5.02 Å². The highest BCUT2D eigenvalue weighted by molar-refractivity contribution is 6.31. The lowest BCUT2D eigenvalue weighted by atomic mass is 10.2. The minimum absolute atomic E-state index is 0.0364. The van der Waals surface area contributed by atoms with Crippen LogP contribution in [0.15, 0.2) is 48.5 Å². The van der Waals surface area contributed by atoms with Crippen LogP contribution in [0.1, 0.15) is 5.56 Å². The van der Waals surface area contributed by atoms with Gasteiger partial charge in [-0.05, 0) is 23.8 Å². The first-order valence-electron chi connectivity index (χ1n) is 6.71. The third-order valence-electron chi connectivity index (χ3n) is 2.93. The Hall–Kier alpha value is -2.40. The Morgan fingerprint density at radius 2 is 1.73 bits per heavy atom. The summed E-state index contributed by atoms with van der Waals surface area (Å²) in [5.41, 5.74) is 0.852. The normalized spacial score (nSPS) is 9.91. The molecule has 0 saturated carbocycles. The molecule has 116 valence electrons. The summed E-state index contributed by atoms with van der Waals surface area (Å²) in [6.45, 7) is 0.384. The molecule has 22 heavy (non-hydrogen) atoms. The number of halogens is 1. The van der Waals surface area contributed by atoms with Crippen LogP contribution < -0.4 is 20.1 Å². The fourth-order valence-corrected chi connectivity index (χ4v) is 2.00. The van der Waals surface area contributed by atoms with Gasteiger partial charge < -0.3 is 20.1 Å².